The highest BCUT2D eigenvalue weighted by Gasteiger charge is 2.32. The van der Waals surface area contributed by atoms with Gasteiger partial charge >= 0.3 is 0 Å². The fraction of sp³-hybridized carbons (Fsp3) is 0.417. The number of nitrogens with one attached hydrogen (secondary N) is 1. The van der Waals surface area contributed by atoms with E-state index >= 15 is 0 Å². The molecule has 0 spiro atoms. The second-order valence-corrected chi connectivity index (χ2v) is 6.29. The molecular formula is C12H14Br2N2O5. The van der Waals surface area contributed by atoms with Crippen LogP contribution >= 0.6 is 31.9 Å². The number of H-pyrrole nitrogens is 1. The Morgan fingerprint density at radius 1 is 1.05 bits per heavy atom. The summed E-state index contributed by atoms with van der Waals surface area (Å²) in [7, 11) is 0. The standard InChI is InChI=1S/C12H14Br2N2O5/c13-4-1-6-7(2-5(4)14)16-12(15-6)11(21)10(20)9(19)8(18)3-17/h1-2,8-11,17-21H,3H2,(H,15,16)/t8?,9-,10?,11+/m1/s1. The number of aromatic nitrogens is 2. The van der Waals surface area contributed by atoms with E-state index < -0.39 is 31.0 Å². The number of aliphatic hydroxyl groups excluding tert-OH is 5. The number of halogens is 2. The van der Waals surface area contributed by atoms with Crippen LogP contribution in [0.1, 0.15) is 11.9 Å². The first-order valence-corrected chi connectivity index (χ1v) is 7.61. The lowest BCUT2D eigenvalue weighted by atomic mass is 10.0. The maximum Gasteiger partial charge on any atom is 0.140 e. The van der Waals surface area contributed by atoms with Crippen LogP contribution in [-0.2, 0) is 0 Å². The molecule has 2 aromatic rings. The highest BCUT2D eigenvalue weighted by molar-refractivity contribution is 9.13. The summed E-state index contributed by atoms with van der Waals surface area (Å²) in [5.74, 6) is 0.0479. The first kappa shape index (κ1) is 16.8. The van der Waals surface area contributed by atoms with Crippen molar-refractivity contribution in [1.82, 2.24) is 9.97 Å². The van der Waals surface area contributed by atoms with E-state index in [9.17, 15) is 20.4 Å². The smallest absolute Gasteiger partial charge is 0.140 e. The highest BCUT2D eigenvalue weighted by Crippen LogP contribution is 2.29. The molecule has 1 aromatic carbocycles. The minimum absolute atomic E-state index is 0.0479. The molecule has 6 N–H and O–H groups in total. The molecular weight excluding hydrogens is 412 g/mol. The lowest BCUT2D eigenvalue weighted by molar-refractivity contribution is -0.117. The Morgan fingerprint density at radius 2 is 1.67 bits per heavy atom. The van der Waals surface area contributed by atoms with Crippen molar-refractivity contribution >= 4 is 42.9 Å². The molecule has 2 rings (SSSR count). The van der Waals surface area contributed by atoms with Crippen molar-refractivity contribution in [3.05, 3.63) is 26.9 Å². The zero-order chi connectivity index (χ0) is 15.7. The summed E-state index contributed by atoms with van der Waals surface area (Å²) in [4.78, 5) is 6.96. The number of fused-ring (bicyclic) bond motifs is 1. The number of rotatable bonds is 5. The van der Waals surface area contributed by atoms with Crippen LogP contribution in [-0.4, -0.2) is 60.4 Å². The summed E-state index contributed by atoms with van der Waals surface area (Å²) < 4.78 is 1.56. The van der Waals surface area contributed by atoms with Crippen LogP contribution in [0.15, 0.2) is 21.1 Å². The summed E-state index contributed by atoms with van der Waals surface area (Å²) >= 11 is 6.67. The van der Waals surface area contributed by atoms with Gasteiger partial charge in [-0.3, -0.25) is 0 Å². The average molecular weight is 426 g/mol. The van der Waals surface area contributed by atoms with Gasteiger partial charge in [-0.15, -0.1) is 0 Å². The maximum absolute atomic E-state index is 10.0. The van der Waals surface area contributed by atoms with Crippen molar-refractivity contribution in [1.29, 1.82) is 0 Å². The van der Waals surface area contributed by atoms with Gasteiger partial charge in [0.05, 0.1) is 17.6 Å². The van der Waals surface area contributed by atoms with Gasteiger partial charge in [0.25, 0.3) is 0 Å². The molecule has 21 heavy (non-hydrogen) atoms. The van der Waals surface area contributed by atoms with E-state index in [0.29, 0.717) is 11.0 Å². The van der Waals surface area contributed by atoms with Crippen molar-refractivity contribution in [3.8, 4) is 0 Å². The number of imidazole rings is 1. The van der Waals surface area contributed by atoms with Crippen LogP contribution in [0, 0.1) is 0 Å². The Balaban J connectivity index is 2.28. The van der Waals surface area contributed by atoms with Crippen molar-refractivity contribution < 1.29 is 25.5 Å². The van der Waals surface area contributed by atoms with Gasteiger partial charge in [0, 0.05) is 8.95 Å². The van der Waals surface area contributed by atoms with Crippen molar-refractivity contribution in [2.75, 3.05) is 6.61 Å². The van der Waals surface area contributed by atoms with Gasteiger partial charge in [-0.05, 0) is 44.0 Å². The number of aromatic amines is 1. The molecule has 9 heteroatoms. The SMILES string of the molecule is OCC(O)[C@@H](O)C(O)[C@H](O)c1nc2cc(Br)c(Br)cc2[nH]1. The third kappa shape index (κ3) is 3.45. The van der Waals surface area contributed by atoms with Gasteiger partial charge in [0.1, 0.15) is 30.2 Å². The quantitative estimate of drug-likeness (QED) is 0.405. The minimum Gasteiger partial charge on any atom is -0.394 e. The largest absolute Gasteiger partial charge is 0.394 e. The molecule has 0 saturated heterocycles. The zero-order valence-electron chi connectivity index (χ0n) is 10.6. The normalized spacial score (nSPS) is 17.7. The van der Waals surface area contributed by atoms with Gasteiger partial charge in [-0.1, -0.05) is 0 Å². The van der Waals surface area contributed by atoms with Gasteiger partial charge < -0.3 is 30.5 Å². The van der Waals surface area contributed by atoms with E-state index in [4.69, 9.17) is 5.11 Å². The van der Waals surface area contributed by atoms with Gasteiger partial charge in [0.2, 0.25) is 0 Å². The van der Waals surface area contributed by atoms with Crippen LogP contribution < -0.4 is 0 Å². The van der Waals surface area contributed by atoms with E-state index in [-0.39, 0.29) is 5.82 Å². The molecule has 0 fully saturated rings. The maximum atomic E-state index is 10.0. The van der Waals surface area contributed by atoms with E-state index in [1.807, 2.05) is 0 Å². The molecule has 1 heterocycles. The Labute approximate surface area is 136 Å². The molecule has 0 aliphatic carbocycles. The van der Waals surface area contributed by atoms with Crippen molar-refractivity contribution in [2.24, 2.45) is 0 Å². The molecule has 4 atom stereocenters. The fourth-order valence-corrected chi connectivity index (χ4v) is 2.52. The van der Waals surface area contributed by atoms with Crippen LogP contribution in [0.3, 0.4) is 0 Å². The third-order valence-electron chi connectivity index (χ3n) is 3.08. The van der Waals surface area contributed by atoms with Crippen LogP contribution in [0.25, 0.3) is 11.0 Å². The molecule has 2 unspecified atom stereocenters. The van der Waals surface area contributed by atoms with Crippen molar-refractivity contribution in [3.63, 3.8) is 0 Å². The number of hydrogen-bond acceptors (Lipinski definition) is 6. The Bertz CT molecular complexity index is 596. The summed E-state index contributed by atoms with van der Waals surface area (Å²) in [5.41, 5.74) is 1.19. The monoisotopic (exact) mass is 424 g/mol. The Morgan fingerprint density at radius 3 is 2.29 bits per heavy atom. The topological polar surface area (TPSA) is 130 Å². The fourth-order valence-electron chi connectivity index (χ4n) is 1.85. The molecule has 0 saturated carbocycles. The number of benzene rings is 1. The molecule has 7 nitrogen and oxygen atoms in total. The van der Waals surface area contributed by atoms with E-state index in [1.54, 1.807) is 12.1 Å². The van der Waals surface area contributed by atoms with E-state index in [1.165, 1.54) is 0 Å². The lowest BCUT2D eigenvalue weighted by Crippen LogP contribution is -2.42. The molecule has 1 aromatic heterocycles. The second-order valence-electron chi connectivity index (χ2n) is 4.58. The molecule has 0 bridgehead atoms. The Kier molecular flexibility index (Phi) is 5.36. The van der Waals surface area contributed by atoms with Crippen molar-refractivity contribution in [2.45, 2.75) is 24.4 Å². The summed E-state index contributed by atoms with van der Waals surface area (Å²) in [6.45, 7) is -0.731. The first-order chi connectivity index (χ1) is 9.85. The molecule has 0 aliphatic rings. The number of hydrogen-bond donors (Lipinski definition) is 6. The highest BCUT2D eigenvalue weighted by atomic mass is 79.9. The van der Waals surface area contributed by atoms with Gasteiger partial charge in [-0.2, -0.15) is 0 Å². The molecule has 116 valence electrons. The van der Waals surface area contributed by atoms with Crippen LogP contribution in [0.2, 0.25) is 0 Å². The van der Waals surface area contributed by atoms with Crippen LogP contribution in [0.4, 0.5) is 0 Å². The first-order valence-electron chi connectivity index (χ1n) is 6.03. The van der Waals surface area contributed by atoms with E-state index in [0.717, 1.165) is 8.95 Å². The third-order valence-corrected chi connectivity index (χ3v) is 4.92. The summed E-state index contributed by atoms with van der Waals surface area (Å²) in [5, 5.41) is 47.5. The second kappa shape index (κ2) is 6.69. The molecule has 0 amide bonds. The predicted octanol–water partition coefficient (Wildman–Crippen LogP) is 0.196. The minimum atomic E-state index is -1.70. The zero-order valence-corrected chi connectivity index (χ0v) is 13.8. The lowest BCUT2D eigenvalue weighted by Gasteiger charge is -2.24. The summed E-state index contributed by atoms with van der Waals surface area (Å²) in [6, 6.07) is 3.46. The predicted molar refractivity (Wildman–Crippen MR) is 81.6 cm³/mol. The summed E-state index contributed by atoms with van der Waals surface area (Å²) in [6.07, 6.45) is -6.48. The van der Waals surface area contributed by atoms with Gasteiger partial charge in [-0.25, -0.2) is 4.98 Å². The number of aliphatic hydroxyl groups is 5. The number of nitrogens with zero attached hydrogens (tertiary/aromatic N) is 1. The van der Waals surface area contributed by atoms with Gasteiger partial charge in [0.15, 0.2) is 0 Å². The Hall–Kier alpha value is -0.550. The van der Waals surface area contributed by atoms with Crippen LogP contribution in [0.5, 0.6) is 0 Å². The molecule has 0 aliphatic heterocycles. The molecule has 0 radical (unpaired) electrons. The average Bonchev–Trinajstić information content (AvgIpc) is 2.87. The van der Waals surface area contributed by atoms with E-state index in [2.05, 4.69) is 41.8 Å².